The minimum absolute atomic E-state index is 0.625. The Kier molecular flexibility index (Phi) is 4.68. The fraction of sp³-hybridized carbons (Fsp3) is 0. The Morgan fingerprint density at radius 3 is 1.86 bits per heavy atom. The minimum atomic E-state index is 0.625. The molecule has 0 aliphatic carbocycles. The molecule has 0 aliphatic rings. The molecule has 0 amide bonds. The fourth-order valence-electron chi connectivity index (χ4n) is 6.75. The van der Waals surface area contributed by atoms with Gasteiger partial charge >= 0.3 is 0 Å². The van der Waals surface area contributed by atoms with Crippen LogP contribution in [0.3, 0.4) is 0 Å². The smallest absolute Gasteiger partial charge is 0.137 e. The molecule has 3 aromatic heterocycles. The van der Waals surface area contributed by atoms with Gasteiger partial charge in [0, 0.05) is 38.3 Å². The standard InChI is InChI=1S/C38H20N4O/c39-21-23-12-15-33-30(18-23)27-8-1-3-10-32(27)41(33)25-6-5-7-26(20-25)42-34-16-13-24(22-40)19-31(34)28-14-17-36-37(38(28)42)29-9-2-4-11-35(29)43-36/h1-20H. The van der Waals surface area contributed by atoms with Crippen LogP contribution < -0.4 is 0 Å². The third kappa shape index (κ3) is 3.19. The third-order valence-electron chi connectivity index (χ3n) is 8.54. The fourth-order valence-corrected chi connectivity index (χ4v) is 6.75. The van der Waals surface area contributed by atoms with Gasteiger partial charge in [-0.3, -0.25) is 0 Å². The zero-order chi connectivity index (χ0) is 28.7. The van der Waals surface area contributed by atoms with Gasteiger partial charge in [-0.2, -0.15) is 10.5 Å². The van der Waals surface area contributed by atoms with Crippen LogP contribution in [0.1, 0.15) is 11.1 Å². The number of rotatable bonds is 2. The Balaban J connectivity index is 1.40. The van der Waals surface area contributed by atoms with Crippen LogP contribution in [0.2, 0.25) is 0 Å². The molecule has 3 heterocycles. The monoisotopic (exact) mass is 548 g/mol. The third-order valence-corrected chi connectivity index (χ3v) is 8.54. The second-order valence-corrected chi connectivity index (χ2v) is 10.8. The van der Waals surface area contributed by atoms with Gasteiger partial charge in [0.15, 0.2) is 0 Å². The molecular formula is C38H20N4O. The van der Waals surface area contributed by atoms with Crippen molar-refractivity contribution >= 4 is 65.6 Å². The average Bonchev–Trinajstić information content (AvgIpc) is 3.71. The van der Waals surface area contributed by atoms with Gasteiger partial charge in [0.25, 0.3) is 0 Å². The van der Waals surface area contributed by atoms with E-state index in [1.807, 2.05) is 72.8 Å². The number of nitrogens with zero attached hydrogens (tertiary/aromatic N) is 4. The number of nitriles is 2. The van der Waals surface area contributed by atoms with Crippen LogP contribution in [0.5, 0.6) is 0 Å². The predicted molar refractivity (Wildman–Crippen MR) is 172 cm³/mol. The lowest BCUT2D eigenvalue weighted by atomic mass is 10.1. The van der Waals surface area contributed by atoms with Crippen molar-refractivity contribution in [3.8, 4) is 23.5 Å². The number of fused-ring (bicyclic) bond motifs is 10. The van der Waals surface area contributed by atoms with Gasteiger partial charge in [-0.1, -0.05) is 42.5 Å². The van der Waals surface area contributed by atoms with Gasteiger partial charge in [-0.05, 0) is 78.9 Å². The molecule has 198 valence electrons. The van der Waals surface area contributed by atoms with Crippen LogP contribution >= 0.6 is 0 Å². The second kappa shape index (κ2) is 8.60. The van der Waals surface area contributed by atoms with E-state index in [4.69, 9.17) is 4.42 Å². The molecule has 43 heavy (non-hydrogen) atoms. The molecule has 0 atom stereocenters. The van der Waals surface area contributed by atoms with E-state index in [0.717, 1.165) is 76.9 Å². The molecule has 5 heteroatoms. The highest BCUT2D eigenvalue weighted by Gasteiger charge is 2.20. The van der Waals surface area contributed by atoms with Crippen molar-refractivity contribution in [2.24, 2.45) is 0 Å². The predicted octanol–water partition coefficient (Wildman–Crippen LogP) is 9.52. The van der Waals surface area contributed by atoms with E-state index in [-0.39, 0.29) is 0 Å². The maximum Gasteiger partial charge on any atom is 0.137 e. The van der Waals surface area contributed by atoms with Gasteiger partial charge in [-0.25, -0.2) is 0 Å². The SMILES string of the molecule is N#Cc1ccc2c(c1)c1ccccc1n2-c1cccc(-n2c3ccc(C#N)cc3c3ccc4oc5ccccc5c4c32)c1. The molecule has 6 aromatic carbocycles. The van der Waals surface area contributed by atoms with Crippen LogP contribution in [0.25, 0.3) is 76.9 Å². The van der Waals surface area contributed by atoms with Gasteiger partial charge in [0.05, 0.1) is 50.7 Å². The highest BCUT2D eigenvalue weighted by atomic mass is 16.3. The van der Waals surface area contributed by atoms with Gasteiger partial charge < -0.3 is 13.6 Å². The van der Waals surface area contributed by atoms with Crippen LogP contribution in [-0.4, -0.2) is 9.13 Å². The van der Waals surface area contributed by atoms with E-state index in [9.17, 15) is 10.5 Å². The molecule has 9 aromatic rings. The molecule has 9 rings (SSSR count). The van der Waals surface area contributed by atoms with Crippen molar-refractivity contribution in [2.75, 3.05) is 0 Å². The van der Waals surface area contributed by atoms with Crippen LogP contribution in [0.4, 0.5) is 0 Å². The highest BCUT2D eigenvalue weighted by Crippen LogP contribution is 2.41. The van der Waals surface area contributed by atoms with Crippen LogP contribution in [0, 0.1) is 22.7 Å². The summed E-state index contributed by atoms with van der Waals surface area (Å²) >= 11 is 0. The molecule has 0 spiro atoms. The number of aromatic nitrogens is 2. The zero-order valence-electron chi connectivity index (χ0n) is 22.7. The Labute approximate surface area is 245 Å². The zero-order valence-corrected chi connectivity index (χ0v) is 22.7. The van der Waals surface area contributed by atoms with E-state index >= 15 is 0 Å². The molecule has 0 saturated heterocycles. The van der Waals surface area contributed by atoms with Crippen molar-refractivity contribution in [1.29, 1.82) is 10.5 Å². The summed E-state index contributed by atoms with van der Waals surface area (Å²) in [6.07, 6.45) is 0. The van der Waals surface area contributed by atoms with E-state index in [2.05, 4.69) is 69.8 Å². The summed E-state index contributed by atoms with van der Waals surface area (Å²) in [4.78, 5) is 0. The summed E-state index contributed by atoms with van der Waals surface area (Å²) in [7, 11) is 0. The number of hydrogen-bond acceptors (Lipinski definition) is 3. The maximum atomic E-state index is 9.73. The summed E-state index contributed by atoms with van der Waals surface area (Å²) in [5, 5.41) is 25.7. The molecule has 0 radical (unpaired) electrons. The molecule has 0 bridgehead atoms. The van der Waals surface area contributed by atoms with Crippen LogP contribution in [0.15, 0.2) is 126 Å². The molecular weight excluding hydrogens is 528 g/mol. The van der Waals surface area contributed by atoms with Gasteiger partial charge in [-0.15, -0.1) is 0 Å². The quantitative estimate of drug-likeness (QED) is 0.216. The van der Waals surface area contributed by atoms with Crippen molar-refractivity contribution in [3.05, 3.63) is 132 Å². The first kappa shape index (κ1) is 23.4. The summed E-state index contributed by atoms with van der Waals surface area (Å²) < 4.78 is 10.9. The van der Waals surface area contributed by atoms with Gasteiger partial charge in [0.2, 0.25) is 0 Å². The first-order valence-corrected chi connectivity index (χ1v) is 14.1. The first-order valence-electron chi connectivity index (χ1n) is 14.1. The maximum absolute atomic E-state index is 9.73. The van der Waals surface area contributed by atoms with Gasteiger partial charge in [0.1, 0.15) is 11.2 Å². The molecule has 0 aliphatic heterocycles. The molecule has 0 N–H and O–H groups in total. The Bertz CT molecular complexity index is 2710. The largest absolute Gasteiger partial charge is 0.456 e. The first-order chi connectivity index (χ1) is 21.2. The van der Waals surface area contributed by atoms with Crippen molar-refractivity contribution in [1.82, 2.24) is 9.13 Å². The summed E-state index contributed by atoms with van der Waals surface area (Å²) in [5.74, 6) is 0. The number of benzene rings is 6. The molecule has 0 fully saturated rings. The topological polar surface area (TPSA) is 70.6 Å². The molecule has 0 saturated carbocycles. The summed E-state index contributed by atoms with van der Waals surface area (Å²) in [6.45, 7) is 0. The molecule has 0 unspecified atom stereocenters. The molecule has 5 nitrogen and oxygen atoms in total. The normalized spacial score (nSPS) is 11.7. The second-order valence-electron chi connectivity index (χ2n) is 10.8. The minimum Gasteiger partial charge on any atom is -0.456 e. The van der Waals surface area contributed by atoms with Crippen molar-refractivity contribution in [3.63, 3.8) is 0 Å². The number of hydrogen-bond donors (Lipinski definition) is 0. The lowest BCUT2D eigenvalue weighted by molar-refractivity contribution is 0.669. The summed E-state index contributed by atoms with van der Waals surface area (Å²) in [5.41, 5.74) is 9.13. The summed E-state index contributed by atoms with van der Waals surface area (Å²) in [6, 6.07) is 45.5. The highest BCUT2D eigenvalue weighted by molar-refractivity contribution is 6.24. The Hall–Kier alpha value is -6.30. The Morgan fingerprint density at radius 1 is 0.465 bits per heavy atom. The lowest BCUT2D eigenvalue weighted by Gasteiger charge is -2.13. The Morgan fingerprint density at radius 2 is 1.09 bits per heavy atom. The lowest BCUT2D eigenvalue weighted by Crippen LogP contribution is -1.99. The average molecular weight is 549 g/mol. The van der Waals surface area contributed by atoms with E-state index < -0.39 is 0 Å². The van der Waals surface area contributed by atoms with E-state index in [0.29, 0.717) is 11.1 Å². The van der Waals surface area contributed by atoms with E-state index in [1.165, 1.54) is 0 Å². The van der Waals surface area contributed by atoms with Crippen molar-refractivity contribution < 1.29 is 4.42 Å². The van der Waals surface area contributed by atoms with Crippen molar-refractivity contribution in [2.45, 2.75) is 0 Å². The number of furan rings is 1. The number of para-hydroxylation sites is 2. The van der Waals surface area contributed by atoms with Crippen LogP contribution in [-0.2, 0) is 0 Å². The van der Waals surface area contributed by atoms with E-state index in [1.54, 1.807) is 0 Å².